The van der Waals surface area contributed by atoms with Crippen LogP contribution in [0.15, 0.2) is 67.0 Å². The van der Waals surface area contributed by atoms with Gasteiger partial charge in [-0.3, -0.25) is 4.79 Å². The Morgan fingerprint density at radius 2 is 1.66 bits per heavy atom. The molecule has 3 aromatic rings. The lowest BCUT2D eigenvalue weighted by Gasteiger charge is -2.40. The van der Waals surface area contributed by atoms with Gasteiger partial charge in [0.25, 0.3) is 5.91 Å². The fraction of sp³-hybridized carbons (Fsp3) is 0.370. The van der Waals surface area contributed by atoms with Gasteiger partial charge in [-0.15, -0.1) is 0 Å². The third kappa shape index (κ3) is 5.30. The minimum absolute atomic E-state index is 0.155. The number of sulfonamides is 1. The molecule has 38 heavy (non-hydrogen) atoms. The summed E-state index contributed by atoms with van der Waals surface area (Å²) in [4.78, 5) is 33.5. The maximum atomic E-state index is 14.1. The summed E-state index contributed by atoms with van der Waals surface area (Å²) in [6.07, 6.45) is 2.97. The Morgan fingerprint density at radius 3 is 2.29 bits per heavy atom. The highest BCUT2D eigenvalue weighted by atomic mass is 32.2. The third-order valence-electron chi connectivity index (χ3n) is 7.36. The second-order valence-electron chi connectivity index (χ2n) is 9.85. The van der Waals surface area contributed by atoms with Gasteiger partial charge in [-0.2, -0.15) is 0 Å². The Hall–Kier alpha value is -3.70. The first kappa shape index (κ1) is 25.9. The molecule has 5 rings (SSSR count). The largest absolute Gasteiger partial charge is 0.465 e. The van der Waals surface area contributed by atoms with E-state index in [0.29, 0.717) is 31.6 Å². The molecule has 0 spiro atoms. The normalized spacial score (nSPS) is 20.6. The highest BCUT2D eigenvalue weighted by molar-refractivity contribution is 7.88. The van der Waals surface area contributed by atoms with E-state index in [1.807, 2.05) is 65.2 Å². The van der Waals surface area contributed by atoms with Gasteiger partial charge in [0.2, 0.25) is 10.0 Å². The lowest BCUT2D eigenvalue weighted by Crippen LogP contribution is -2.57. The van der Waals surface area contributed by atoms with E-state index < -0.39 is 16.1 Å². The van der Waals surface area contributed by atoms with E-state index in [4.69, 9.17) is 0 Å². The van der Waals surface area contributed by atoms with Crippen LogP contribution in [0.25, 0.3) is 11.3 Å². The standard InChI is InChI=1S/C27H31N5O5S/c1-38(36,37)30-13-12-22(18-30)32-19-28-24(25(32)21-10-6-3-7-11-21)26(33)31-15-14-29(27(34)35)17-23(31)16-20-8-4-2-5-9-20/h2-11,19,22-23H,12-18H2,1H3,(H,34,35)/t22-,23-/m1/s1. The Balaban J connectivity index is 1.50. The number of nitrogens with zero attached hydrogens (tertiary/aromatic N) is 5. The number of carbonyl (C=O) groups is 2. The molecule has 1 aromatic heterocycles. The molecule has 2 aliphatic heterocycles. The van der Waals surface area contributed by atoms with E-state index >= 15 is 0 Å². The molecule has 2 fully saturated rings. The second-order valence-corrected chi connectivity index (χ2v) is 11.8. The molecule has 0 radical (unpaired) electrons. The van der Waals surface area contributed by atoms with Crippen molar-refractivity contribution in [1.29, 1.82) is 0 Å². The highest BCUT2D eigenvalue weighted by Gasteiger charge is 2.37. The summed E-state index contributed by atoms with van der Waals surface area (Å²) in [6, 6.07) is 18.7. The van der Waals surface area contributed by atoms with Crippen LogP contribution in [0.5, 0.6) is 0 Å². The Kier molecular flexibility index (Phi) is 7.22. The van der Waals surface area contributed by atoms with E-state index in [1.54, 1.807) is 11.2 Å². The summed E-state index contributed by atoms with van der Waals surface area (Å²) in [5.74, 6) is -0.258. The molecular weight excluding hydrogens is 506 g/mol. The minimum Gasteiger partial charge on any atom is -0.465 e. The Bertz CT molecular complexity index is 1410. The molecule has 0 aliphatic carbocycles. The summed E-state index contributed by atoms with van der Waals surface area (Å²) >= 11 is 0. The number of carboxylic acid groups (broad SMARTS) is 1. The lowest BCUT2D eigenvalue weighted by molar-refractivity contribution is 0.0447. The van der Waals surface area contributed by atoms with Crippen LogP contribution in [-0.2, 0) is 16.4 Å². The average Bonchev–Trinajstić information content (AvgIpc) is 3.57. The van der Waals surface area contributed by atoms with Crippen LogP contribution in [0, 0.1) is 0 Å². The van der Waals surface area contributed by atoms with Crippen molar-refractivity contribution in [2.24, 2.45) is 0 Å². The van der Waals surface area contributed by atoms with Crippen molar-refractivity contribution < 1.29 is 23.1 Å². The maximum Gasteiger partial charge on any atom is 0.407 e. The first-order valence-corrected chi connectivity index (χ1v) is 14.5. The highest BCUT2D eigenvalue weighted by Crippen LogP contribution is 2.33. The fourth-order valence-electron chi connectivity index (χ4n) is 5.41. The molecule has 0 bridgehead atoms. The van der Waals surface area contributed by atoms with Crippen LogP contribution >= 0.6 is 0 Å². The zero-order valence-corrected chi connectivity index (χ0v) is 22.0. The summed E-state index contributed by atoms with van der Waals surface area (Å²) in [5, 5.41) is 9.62. The molecule has 0 saturated carbocycles. The number of carbonyl (C=O) groups excluding carboxylic acids is 1. The molecule has 2 aliphatic rings. The summed E-state index contributed by atoms with van der Waals surface area (Å²) in [6.45, 7) is 1.42. The van der Waals surface area contributed by atoms with Gasteiger partial charge < -0.3 is 19.5 Å². The molecule has 11 heteroatoms. The monoisotopic (exact) mass is 537 g/mol. The molecule has 2 amide bonds. The van der Waals surface area contributed by atoms with E-state index in [-0.39, 0.29) is 43.3 Å². The molecule has 10 nitrogen and oxygen atoms in total. The van der Waals surface area contributed by atoms with Crippen molar-refractivity contribution in [2.75, 3.05) is 39.0 Å². The van der Waals surface area contributed by atoms with Crippen LogP contribution in [0.1, 0.15) is 28.5 Å². The average molecular weight is 538 g/mol. The van der Waals surface area contributed by atoms with Gasteiger partial charge in [0.1, 0.15) is 0 Å². The first-order valence-electron chi connectivity index (χ1n) is 12.6. The van der Waals surface area contributed by atoms with Crippen LogP contribution in [0.2, 0.25) is 0 Å². The molecule has 0 unspecified atom stereocenters. The van der Waals surface area contributed by atoms with Crippen molar-refractivity contribution in [3.05, 3.63) is 78.2 Å². The molecule has 200 valence electrons. The molecule has 2 atom stereocenters. The summed E-state index contributed by atoms with van der Waals surface area (Å²) in [7, 11) is -3.33. The predicted molar refractivity (Wildman–Crippen MR) is 142 cm³/mol. The minimum atomic E-state index is -3.33. The molecule has 1 N–H and O–H groups in total. The summed E-state index contributed by atoms with van der Waals surface area (Å²) < 4.78 is 27.7. The molecule has 2 aromatic carbocycles. The van der Waals surface area contributed by atoms with Gasteiger partial charge in [-0.1, -0.05) is 60.7 Å². The number of rotatable bonds is 6. The van der Waals surface area contributed by atoms with Crippen molar-refractivity contribution >= 4 is 22.0 Å². The van der Waals surface area contributed by atoms with Crippen LogP contribution < -0.4 is 0 Å². The van der Waals surface area contributed by atoms with Crippen molar-refractivity contribution in [2.45, 2.75) is 24.9 Å². The van der Waals surface area contributed by atoms with Gasteiger partial charge in [-0.25, -0.2) is 22.5 Å². The molecule has 2 saturated heterocycles. The number of hydrogen-bond acceptors (Lipinski definition) is 5. The number of benzene rings is 2. The van der Waals surface area contributed by atoms with Crippen LogP contribution in [0.3, 0.4) is 0 Å². The third-order valence-corrected chi connectivity index (χ3v) is 8.63. The topological polar surface area (TPSA) is 116 Å². The Labute approximate surface area is 222 Å². The maximum absolute atomic E-state index is 14.1. The lowest BCUT2D eigenvalue weighted by atomic mass is 10.0. The van der Waals surface area contributed by atoms with E-state index in [0.717, 1.165) is 11.1 Å². The van der Waals surface area contributed by atoms with Crippen LogP contribution in [-0.4, -0.2) is 94.2 Å². The Morgan fingerprint density at radius 1 is 0.974 bits per heavy atom. The zero-order chi connectivity index (χ0) is 26.9. The smallest absolute Gasteiger partial charge is 0.407 e. The van der Waals surface area contributed by atoms with Gasteiger partial charge >= 0.3 is 6.09 Å². The second kappa shape index (κ2) is 10.6. The van der Waals surface area contributed by atoms with Gasteiger partial charge in [0, 0.05) is 38.3 Å². The zero-order valence-electron chi connectivity index (χ0n) is 21.2. The van der Waals surface area contributed by atoms with Crippen molar-refractivity contribution in [3.8, 4) is 11.3 Å². The number of hydrogen-bond donors (Lipinski definition) is 1. The first-order chi connectivity index (χ1) is 18.2. The molecular formula is C27H31N5O5S. The fourth-order valence-corrected chi connectivity index (χ4v) is 6.29. The number of piperazine rings is 1. The van der Waals surface area contributed by atoms with Gasteiger partial charge in [0.15, 0.2) is 5.69 Å². The van der Waals surface area contributed by atoms with Crippen molar-refractivity contribution in [1.82, 2.24) is 23.7 Å². The number of imidazole rings is 1. The number of aromatic nitrogens is 2. The quantitative estimate of drug-likeness (QED) is 0.517. The van der Waals surface area contributed by atoms with Crippen molar-refractivity contribution in [3.63, 3.8) is 0 Å². The SMILES string of the molecule is CS(=O)(=O)N1CC[C@@H](n2cnc(C(=O)N3CCN(C(=O)O)C[C@H]3Cc3ccccc3)c2-c2ccccc2)C1. The molecule has 3 heterocycles. The summed E-state index contributed by atoms with van der Waals surface area (Å²) in [5.41, 5.74) is 2.77. The van der Waals surface area contributed by atoms with Crippen LogP contribution in [0.4, 0.5) is 4.79 Å². The van der Waals surface area contributed by atoms with Gasteiger partial charge in [0.05, 0.1) is 30.4 Å². The van der Waals surface area contributed by atoms with E-state index in [1.165, 1.54) is 15.5 Å². The van der Waals surface area contributed by atoms with E-state index in [9.17, 15) is 23.1 Å². The van der Waals surface area contributed by atoms with E-state index in [2.05, 4.69) is 4.98 Å². The van der Waals surface area contributed by atoms with Gasteiger partial charge in [-0.05, 0) is 18.4 Å². The predicted octanol–water partition coefficient (Wildman–Crippen LogP) is 2.80. The number of amides is 2.